The van der Waals surface area contributed by atoms with Crippen LogP contribution in [0.2, 0.25) is 0 Å². The maximum Gasteiger partial charge on any atom is 0.326 e. The number of carbonyl (C=O) groups excluding carboxylic acids is 3. The number of H-pyrrole nitrogens is 2. The van der Waals surface area contributed by atoms with Crippen LogP contribution in [0.4, 0.5) is 0 Å². The number of benzene rings is 1. The second kappa shape index (κ2) is 14.5. The number of aliphatic hydroxyl groups excluding tert-OH is 1. The molecule has 40 heavy (non-hydrogen) atoms. The summed E-state index contributed by atoms with van der Waals surface area (Å²) in [5, 5.41) is 28.1. The average Bonchev–Trinajstić information content (AvgIpc) is 3.59. The number of carboxylic acid groups (broad SMARTS) is 1. The number of thioether (sulfide) groups is 1. The predicted molar refractivity (Wildman–Crippen MR) is 150 cm³/mol. The zero-order chi connectivity index (χ0) is 29.2. The highest BCUT2D eigenvalue weighted by atomic mass is 32.2. The fraction of sp³-hybridized carbons (Fsp3) is 0.423. The normalized spacial score (nSPS) is 15.0. The van der Waals surface area contributed by atoms with Crippen LogP contribution in [0.15, 0.2) is 43.0 Å². The third kappa shape index (κ3) is 8.31. The molecule has 216 valence electrons. The Bertz CT molecular complexity index is 1300. The lowest BCUT2D eigenvalue weighted by Gasteiger charge is -2.25. The first-order chi connectivity index (χ1) is 19.1. The van der Waals surface area contributed by atoms with Gasteiger partial charge in [0, 0.05) is 41.8 Å². The van der Waals surface area contributed by atoms with E-state index >= 15 is 0 Å². The number of nitrogens with two attached hydrogens (primary N) is 1. The number of aromatic nitrogens is 3. The zero-order valence-corrected chi connectivity index (χ0v) is 23.0. The van der Waals surface area contributed by atoms with E-state index in [1.54, 1.807) is 6.20 Å². The highest BCUT2D eigenvalue weighted by Gasteiger charge is 2.31. The number of carbonyl (C=O) groups is 4. The van der Waals surface area contributed by atoms with Gasteiger partial charge in [-0.2, -0.15) is 11.8 Å². The Labute approximate surface area is 235 Å². The summed E-state index contributed by atoms with van der Waals surface area (Å²) < 4.78 is 0. The molecule has 5 unspecified atom stereocenters. The molecule has 0 spiro atoms. The fourth-order valence-electron chi connectivity index (χ4n) is 4.08. The van der Waals surface area contributed by atoms with Crippen molar-refractivity contribution >= 4 is 46.4 Å². The third-order valence-electron chi connectivity index (χ3n) is 6.39. The van der Waals surface area contributed by atoms with Crippen molar-refractivity contribution in [2.45, 2.75) is 56.5 Å². The molecule has 3 rings (SSSR count). The summed E-state index contributed by atoms with van der Waals surface area (Å²) in [4.78, 5) is 61.1. The predicted octanol–water partition coefficient (Wildman–Crippen LogP) is -0.324. The molecule has 3 aromatic rings. The Kier molecular flexibility index (Phi) is 11.1. The molecule has 0 saturated carbocycles. The van der Waals surface area contributed by atoms with E-state index in [1.807, 2.05) is 30.5 Å². The minimum Gasteiger partial charge on any atom is -0.480 e. The van der Waals surface area contributed by atoms with Crippen LogP contribution in [-0.4, -0.2) is 91.1 Å². The summed E-state index contributed by atoms with van der Waals surface area (Å²) in [6.07, 6.45) is 5.56. The first-order valence-corrected chi connectivity index (χ1v) is 14.1. The molecular weight excluding hydrogens is 538 g/mol. The van der Waals surface area contributed by atoms with E-state index in [4.69, 9.17) is 5.73 Å². The Morgan fingerprint density at radius 1 is 1.00 bits per heavy atom. The van der Waals surface area contributed by atoms with Crippen LogP contribution in [0.3, 0.4) is 0 Å². The molecule has 0 radical (unpaired) electrons. The molecule has 2 aromatic heterocycles. The fourth-order valence-corrected chi connectivity index (χ4v) is 4.55. The van der Waals surface area contributed by atoms with Gasteiger partial charge in [-0.1, -0.05) is 18.2 Å². The van der Waals surface area contributed by atoms with Crippen LogP contribution >= 0.6 is 11.8 Å². The molecule has 0 fully saturated rings. The van der Waals surface area contributed by atoms with Gasteiger partial charge in [-0.3, -0.25) is 14.4 Å². The second-order valence-electron chi connectivity index (χ2n) is 9.41. The van der Waals surface area contributed by atoms with Crippen molar-refractivity contribution in [3.05, 3.63) is 54.2 Å². The van der Waals surface area contributed by atoms with E-state index in [1.165, 1.54) is 31.2 Å². The van der Waals surface area contributed by atoms with Crippen LogP contribution in [-0.2, 0) is 32.0 Å². The monoisotopic (exact) mass is 573 g/mol. The number of aromatic amines is 2. The first kappa shape index (κ1) is 30.7. The quantitative estimate of drug-likeness (QED) is 0.119. The minimum atomic E-state index is -1.27. The van der Waals surface area contributed by atoms with E-state index in [-0.39, 0.29) is 19.3 Å². The van der Waals surface area contributed by atoms with Crippen molar-refractivity contribution in [3.63, 3.8) is 0 Å². The van der Waals surface area contributed by atoms with Crippen molar-refractivity contribution in [2.75, 3.05) is 12.0 Å². The van der Waals surface area contributed by atoms with Crippen molar-refractivity contribution in [1.29, 1.82) is 0 Å². The number of nitrogens with zero attached hydrogens (tertiary/aromatic N) is 1. The summed E-state index contributed by atoms with van der Waals surface area (Å²) >= 11 is 1.46. The number of hydrogen-bond donors (Lipinski definition) is 8. The molecule has 13 nitrogen and oxygen atoms in total. The van der Waals surface area contributed by atoms with Crippen molar-refractivity contribution in [3.8, 4) is 0 Å². The topological polar surface area (TPSA) is 215 Å². The number of rotatable bonds is 15. The summed E-state index contributed by atoms with van der Waals surface area (Å²) in [6, 6.07) is 2.68. The first-order valence-electron chi connectivity index (χ1n) is 12.7. The van der Waals surface area contributed by atoms with E-state index < -0.39 is 54.0 Å². The standard InChI is InChI=1S/C26H35N7O6S/c1-14(34)22(27)25(37)31-19(7-8-40-2)23(35)32-20(10-16-12-28-13-30-16)24(36)33-21(26(38)39)9-15-11-29-18-6-4-3-5-17(15)18/h3-6,11-14,19-22,29,34H,7-10,27H2,1-2H3,(H,28,30)(H,31,37)(H,32,35)(H,33,36)(H,38,39). The molecule has 2 heterocycles. The lowest BCUT2D eigenvalue weighted by Crippen LogP contribution is -2.58. The molecule has 5 atom stereocenters. The molecule has 0 aliphatic heterocycles. The van der Waals surface area contributed by atoms with Crippen LogP contribution in [0.1, 0.15) is 24.6 Å². The molecule has 3 amide bonds. The van der Waals surface area contributed by atoms with E-state index in [0.717, 1.165) is 10.9 Å². The number of nitrogens with one attached hydrogen (secondary N) is 5. The number of hydrogen-bond acceptors (Lipinski definition) is 8. The van der Waals surface area contributed by atoms with Crippen LogP contribution in [0, 0.1) is 0 Å². The summed E-state index contributed by atoms with van der Waals surface area (Å²) in [7, 11) is 0. The molecule has 1 aromatic carbocycles. The molecule has 0 saturated heterocycles. The molecule has 0 aliphatic carbocycles. The lowest BCUT2D eigenvalue weighted by molar-refractivity contribution is -0.142. The Balaban J connectivity index is 1.78. The lowest BCUT2D eigenvalue weighted by atomic mass is 10.0. The number of para-hydroxylation sites is 1. The molecule has 0 bridgehead atoms. The van der Waals surface area contributed by atoms with Gasteiger partial charge in [-0.25, -0.2) is 9.78 Å². The van der Waals surface area contributed by atoms with Gasteiger partial charge in [0.15, 0.2) is 0 Å². The second-order valence-corrected chi connectivity index (χ2v) is 10.4. The Morgan fingerprint density at radius 2 is 1.68 bits per heavy atom. The highest BCUT2D eigenvalue weighted by molar-refractivity contribution is 7.98. The van der Waals surface area contributed by atoms with E-state index in [2.05, 4.69) is 30.9 Å². The van der Waals surface area contributed by atoms with E-state index in [9.17, 15) is 29.4 Å². The number of aliphatic hydroxyl groups is 1. The van der Waals surface area contributed by atoms with E-state index in [0.29, 0.717) is 17.0 Å². The minimum absolute atomic E-state index is 0.00657. The van der Waals surface area contributed by atoms with Gasteiger partial charge in [0.05, 0.1) is 12.4 Å². The van der Waals surface area contributed by atoms with Gasteiger partial charge in [0.1, 0.15) is 24.2 Å². The van der Waals surface area contributed by atoms with Gasteiger partial charge in [0.2, 0.25) is 17.7 Å². The van der Waals surface area contributed by atoms with Crippen LogP contribution in [0.5, 0.6) is 0 Å². The van der Waals surface area contributed by atoms with Crippen LogP contribution in [0.25, 0.3) is 10.9 Å². The summed E-state index contributed by atoms with van der Waals surface area (Å²) in [6.45, 7) is 1.36. The number of carboxylic acids is 1. The maximum atomic E-state index is 13.4. The maximum absolute atomic E-state index is 13.4. The van der Waals surface area contributed by atoms with Gasteiger partial charge in [-0.05, 0) is 37.0 Å². The zero-order valence-electron chi connectivity index (χ0n) is 22.2. The third-order valence-corrected chi connectivity index (χ3v) is 7.04. The average molecular weight is 574 g/mol. The highest BCUT2D eigenvalue weighted by Crippen LogP contribution is 2.19. The number of imidazole rings is 1. The smallest absolute Gasteiger partial charge is 0.326 e. The molecular formula is C26H35N7O6S. The largest absolute Gasteiger partial charge is 0.480 e. The van der Waals surface area contributed by atoms with Crippen molar-refractivity contribution in [1.82, 2.24) is 30.9 Å². The summed E-state index contributed by atoms with van der Waals surface area (Å²) in [5.41, 5.74) is 7.80. The number of amides is 3. The summed E-state index contributed by atoms with van der Waals surface area (Å²) in [5.74, 6) is -2.79. The van der Waals surface area contributed by atoms with Gasteiger partial charge in [0.25, 0.3) is 0 Å². The van der Waals surface area contributed by atoms with Gasteiger partial charge < -0.3 is 41.9 Å². The Morgan fingerprint density at radius 3 is 2.33 bits per heavy atom. The molecule has 0 aliphatic rings. The van der Waals surface area contributed by atoms with Crippen molar-refractivity contribution in [2.24, 2.45) is 5.73 Å². The van der Waals surface area contributed by atoms with Gasteiger partial charge >= 0.3 is 5.97 Å². The number of fused-ring (bicyclic) bond motifs is 1. The molecule has 9 N–H and O–H groups in total. The van der Waals surface area contributed by atoms with Gasteiger partial charge in [-0.15, -0.1) is 0 Å². The number of aliphatic carboxylic acids is 1. The molecule has 14 heteroatoms. The van der Waals surface area contributed by atoms with Crippen LogP contribution < -0.4 is 21.7 Å². The van der Waals surface area contributed by atoms with Crippen molar-refractivity contribution < 1.29 is 29.4 Å². The Hall–Kier alpha value is -3.88. The SMILES string of the molecule is CSCCC(NC(=O)C(N)C(C)O)C(=O)NC(Cc1cnc[nH]1)C(=O)NC(Cc1c[nH]c2ccccc12)C(=O)O.